The van der Waals surface area contributed by atoms with Crippen molar-refractivity contribution in [3.05, 3.63) is 10.6 Å². The highest BCUT2D eigenvalue weighted by molar-refractivity contribution is 7.08. The maximum absolute atomic E-state index is 12.3. The van der Waals surface area contributed by atoms with E-state index in [4.69, 9.17) is 0 Å². The van der Waals surface area contributed by atoms with Gasteiger partial charge >= 0.3 is 0 Å². The molecule has 0 saturated carbocycles. The number of likely N-dealkylation sites (tertiary alicyclic amines) is 1. The Morgan fingerprint density at radius 3 is 2.71 bits per heavy atom. The Bertz CT molecular complexity index is 397. The molecule has 1 aromatic rings. The lowest BCUT2D eigenvalue weighted by Crippen LogP contribution is -2.40. The highest BCUT2D eigenvalue weighted by Gasteiger charge is 2.26. The van der Waals surface area contributed by atoms with E-state index in [0.29, 0.717) is 30.8 Å². The molecule has 2 heterocycles. The van der Waals surface area contributed by atoms with Crippen molar-refractivity contribution in [1.82, 2.24) is 14.5 Å². The Morgan fingerprint density at radius 2 is 2.12 bits per heavy atom. The van der Waals surface area contributed by atoms with Crippen LogP contribution in [-0.2, 0) is 0 Å². The predicted molar refractivity (Wildman–Crippen MR) is 65.1 cm³/mol. The average Bonchev–Trinajstić information content (AvgIpc) is 2.78. The number of rotatable bonds is 2. The molecule has 6 heteroatoms. The summed E-state index contributed by atoms with van der Waals surface area (Å²) in [6.45, 7) is 5.26. The van der Waals surface area contributed by atoms with Gasteiger partial charge in [0, 0.05) is 13.1 Å². The first-order valence-electron chi connectivity index (χ1n) is 5.89. The van der Waals surface area contributed by atoms with Crippen LogP contribution in [-0.4, -0.2) is 44.7 Å². The number of nitrogens with zero attached hydrogens (tertiary/aromatic N) is 3. The highest BCUT2D eigenvalue weighted by Crippen LogP contribution is 2.23. The average molecular weight is 255 g/mol. The van der Waals surface area contributed by atoms with Gasteiger partial charge in [-0.1, -0.05) is 18.3 Å². The maximum atomic E-state index is 12.3. The number of amides is 1. The van der Waals surface area contributed by atoms with Gasteiger partial charge in [0.05, 0.1) is 11.8 Å². The van der Waals surface area contributed by atoms with Crippen LogP contribution in [0.25, 0.3) is 0 Å². The zero-order valence-electron chi connectivity index (χ0n) is 10.1. The molecule has 94 valence electrons. The van der Waals surface area contributed by atoms with Gasteiger partial charge in [-0.3, -0.25) is 4.79 Å². The van der Waals surface area contributed by atoms with Gasteiger partial charge in [-0.25, -0.2) is 0 Å². The minimum Gasteiger partial charge on any atom is -0.393 e. The van der Waals surface area contributed by atoms with E-state index < -0.39 is 0 Å². The molecule has 0 aliphatic carbocycles. The number of aliphatic hydroxyl groups excluding tert-OH is 1. The van der Waals surface area contributed by atoms with Crippen LogP contribution in [0.2, 0.25) is 0 Å². The molecule has 17 heavy (non-hydrogen) atoms. The molecule has 0 aromatic carbocycles. The second-order valence-electron chi connectivity index (χ2n) is 4.67. The molecular formula is C11H17N3O2S. The molecule has 1 amide bonds. The summed E-state index contributed by atoms with van der Waals surface area (Å²) in [4.78, 5) is 14.7. The van der Waals surface area contributed by atoms with E-state index in [0.717, 1.165) is 5.69 Å². The lowest BCUT2D eigenvalue weighted by atomic mass is 10.1. The first kappa shape index (κ1) is 12.4. The Balaban J connectivity index is 2.11. The fourth-order valence-corrected chi connectivity index (χ4v) is 2.72. The lowest BCUT2D eigenvalue weighted by Gasteiger charge is -2.29. The van der Waals surface area contributed by atoms with Crippen LogP contribution in [0, 0.1) is 0 Å². The minimum atomic E-state index is -0.261. The van der Waals surface area contributed by atoms with Gasteiger partial charge in [0.15, 0.2) is 0 Å². The molecule has 0 bridgehead atoms. The van der Waals surface area contributed by atoms with Crippen molar-refractivity contribution in [1.29, 1.82) is 0 Å². The molecule has 1 saturated heterocycles. The maximum Gasteiger partial charge on any atom is 0.267 e. The quantitative estimate of drug-likeness (QED) is 0.864. The summed E-state index contributed by atoms with van der Waals surface area (Å²) < 4.78 is 3.87. The van der Waals surface area contributed by atoms with Gasteiger partial charge in [-0.05, 0) is 30.3 Å². The molecule has 1 N–H and O–H groups in total. The van der Waals surface area contributed by atoms with Crippen LogP contribution >= 0.6 is 11.5 Å². The van der Waals surface area contributed by atoms with Crippen molar-refractivity contribution < 1.29 is 9.90 Å². The van der Waals surface area contributed by atoms with Crippen LogP contribution in [0.5, 0.6) is 0 Å². The second kappa shape index (κ2) is 5.10. The number of carbonyl (C=O) groups excluding carboxylic acids is 1. The van der Waals surface area contributed by atoms with Gasteiger partial charge in [-0.15, -0.1) is 5.10 Å². The molecular weight excluding hydrogens is 238 g/mol. The summed E-state index contributed by atoms with van der Waals surface area (Å²) in [5, 5.41) is 13.4. The van der Waals surface area contributed by atoms with E-state index >= 15 is 0 Å². The fraction of sp³-hybridized carbons (Fsp3) is 0.727. The predicted octanol–water partition coefficient (Wildman–Crippen LogP) is 1.26. The van der Waals surface area contributed by atoms with Gasteiger partial charge in [0.25, 0.3) is 5.91 Å². The third-order valence-corrected chi connectivity index (χ3v) is 3.74. The Labute approximate surface area is 105 Å². The van der Waals surface area contributed by atoms with E-state index in [9.17, 15) is 9.90 Å². The van der Waals surface area contributed by atoms with Crippen LogP contribution in [0.4, 0.5) is 0 Å². The zero-order chi connectivity index (χ0) is 12.4. The number of piperidine rings is 1. The number of aliphatic hydroxyl groups is 1. The van der Waals surface area contributed by atoms with E-state index in [2.05, 4.69) is 9.59 Å². The normalized spacial score (nSPS) is 17.8. The summed E-state index contributed by atoms with van der Waals surface area (Å²) in [6, 6.07) is 0. The van der Waals surface area contributed by atoms with Gasteiger partial charge in [-0.2, -0.15) is 0 Å². The van der Waals surface area contributed by atoms with Crippen LogP contribution in [0.15, 0.2) is 0 Å². The summed E-state index contributed by atoms with van der Waals surface area (Å²) in [6.07, 6.45) is 1.06. The van der Waals surface area contributed by atoms with Crippen LogP contribution in [0.1, 0.15) is 48.0 Å². The molecule has 1 aromatic heterocycles. The third-order valence-electron chi connectivity index (χ3n) is 3.01. The molecule has 1 aliphatic heterocycles. The van der Waals surface area contributed by atoms with E-state index in [1.807, 2.05) is 13.8 Å². The van der Waals surface area contributed by atoms with Crippen molar-refractivity contribution in [2.45, 2.75) is 38.7 Å². The molecule has 1 fully saturated rings. The standard InChI is InChI=1S/C11H17N3O2S/c1-7(2)9-10(17-13-12-9)11(16)14-5-3-8(15)4-6-14/h7-8,15H,3-6H2,1-2H3. The fourth-order valence-electron chi connectivity index (χ4n) is 1.94. The third kappa shape index (κ3) is 2.63. The van der Waals surface area contributed by atoms with Gasteiger partial charge < -0.3 is 10.0 Å². The van der Waals surface area contributed by atoms with Gasteiger partial charge in [0.2, 0.25) is 0 Å². The Morgan fingerprint density at radius 1 is 1.47 bits per heavy atom. The topological polar surface area (TPSA) is 66.3 Å². The number of carbonyl (C=O) groups is 1. The van der Waals surface area contributed by atoms with Crippen molar-refractivity contribution in [3.63, 3.8) is 0 Å². The Hall–Kier alpha value is -1.01. The zero-order valence-corrected chi connectivity index (χ0v) is 10.9. The highest BCUT2D eigenvalue weighted by atomic mass is 32.1. The number of aromatic nitrogens is 2. The molecule has 0 spiro atoms. The molecule has 0 unspecified atom stereocenters. The molecule has 0 atom stereocenters. The SMILES string of the molecule is CC(C)c1nnsc1C(=O)N1CCC(O)CC1. The van der Waals surface area contributed by atoms with Crippen molar-refractivity contribution in [2.24, 2.45) is 0 Å². The molecule has 1 aliphatic rings. The smallest absolute Gasteiger partial charge is 0.267 e. The minimum absolute atomic E-state index is 0.00981. The monoisotopic (exact) mass is 255 g/mol. The number of hydrogen-bond acceptors (Lipinski definition) is 5. The van der Waals surface area contributed by atoms with E-state index in [-0.39, 0.29) is 17.9 Å². The first-order chi connectivity index (χ1) is 8.09. The largest absolute Gasteiger partial charge is 0.393 e. The van der Waals surface area contributed by atoms with E-state index in [1.165, 1.54) is 11.5 Å². The summed E-state index contributed by atoms with van der Waals surface area (Å²) >= 11 is 1.17. The molecule has 5 nitrogen and oxygen atoms in total. The Kier molecular flexibility index (Phi) is 3.73. The van der Waals surface area contributed by atoms with Crippen molar-refractivity contribution >= 4 is 17.4 Å². The summed E-state index contributed by atoms with van der Waals surface area (Å²) in [5.74, 6) is 0.221. The molecule has 2 rings (SSSR count). The molecule has 0 radical (unpaired) electrons. The first-order valence-corrected chi connectivity index (χ1v) is 6.66. The summed E-state index contributed by atoms with van der Waals surface area (Å²) in [7, 11) is 0. The summed E-state index contributed by atoms with van der Waals surface area (Å²) in [5.41, 5.74) is 0.783. The van der Waals surface area contributed by atoms with Gasteiger partial charge in [0.1, 0.15) is 4.88 Å². The van der Waals surface area contributed by atoms with Crippen LogP contribution < -0.4 is 0 Å². The van der Waals surface area contributed by atoms with E-state index in [1.54, 1.807) is 4.90 Å². The van der Waals surface area contributed by atoms with Crippen LogP contribution in [0.3, 0.4) is 0 Å². The van der Waals surface area contributed by atoms with Crippen molar-refractivity contribution in [3.8, 4) is 0 Å². The second-order valence-corrected chi connectivity index (χ2v) is 5.42. The lowest BCUT2D eigenvalue weighted by molar-refractivity contribution is 0.0549. The number of hydrogen-bond donors (Lipinski definition) is 1. The van der Waals surface area contributed by atoms with Crippen molar-refractivity contribution in [2.75, 3.05) is 13.1 Å².